The van der Waals surface area contributed by atoms with Crippen molar-refractivity contribution < 1.29 is 19.2 Å². The Morgan fingerprint density at radius 3 is 2.57 bits per heavy atom. The molecule has 0 aliphatic carbocycles. The number of benzene rings is 1. The van der Waals surface area contributed by atoms with Crippen LogP contribution in [0, 0.1) is 10.1 Å². The molecule has 148 valence electrons. The Balaban J connectivity index is 2.07. The first-order valence-corrected chi connectivity index (χ1v) is 9.54. The van der Waals surface area contributed by atoms with Crippen LogP contribution in [0.2, 0.25) is 0 Å². The second kappa shape index (κ2) is 9.75. The topological polar surface area (TPSA) is 103 Å². The van der Waals surface area contributed by atoms with Crippen LogP contribution in [-0.4, -0.2) is 39.3 Å². The molecule has 0 fully saturated rings. The van der Waals surface area contributed by atoms with E-state index in [1.807, 2.05) is 13.8 Å². The van der Waals surface area contributed by atoms with E-state index in [0.717, 1.165) is 0 Å². The summed E-state index contributed by atoms with van der Waals surface area (Å²) in [6.45, 7) is 6.04. The van der Waals surface area contributed by atoms with Crippen molar-refractivity contribution in [2.75, 3.05) is 6.61 Å². The number of carbonyl (C=O) groups is 2. The Morgan fingerprint density at radius 2 is 2.00 bits per heavy atom. The van der Waals surface area contributed by atoms with Crippen LogP contribution in [0.15, 0.2) is 35.7 Å². The van der Waals surface area contributed by atoms with Gasteiger partial charge in [0.1, 0.15) is 5.01 Å². The van der Waals surface area contributed by atoms with Crippen molar-refractivity contribution in [3.63, 3.8) is 0 Å². The average molecular weight is 403 g/mol. The summed E-state index contributed by atoms with van der Waals surface area (Å²) in [7, 11) is 0. The highest BCUT2D eigenvalue weighted by atomic mass is 32.1. The van der Waals surface area contributed by atoms with Crippen LogP contribution in [0.4, 0.5) is 5.69 Å². The lowest BCUT2D eigenvalue weighted by Crippen LogP contribution is -2.35. The molecule has 2 rings (SSSR count). The quantitative estimate of drug-likeness (QED) is 0.288. The maximum Gasteiger partial charge on any atom is 0.357 e. The molecule has 28 heavy (non-hydrogen) atoms. The number of nitro groups is 1. The maximum absolute atomic E-state index is 12.6. The van der Waals surface area contributed by atoms with E-state index in [-0.39, 0.29) is 36.5 Å². The number of aromatic nitrogens is 1. The molecule has 0 radical (unpaired) electrons. The van der Waals surface area contributed by atoms with Gasteiger partial charge in [0, 0.05) is 29.6 Å². The monoisotopic (exact) mass is 403 g/mol. The second-order valence-electron chi connectivity index (χ2n) is 6.09. The number of rotatable bonds is 8. The number of thiazole rings is 1. The molecule has 0 saturated heterocycles. The van der Waals surface area contributed by atoms with Gasteiger partial charge >= 0.3 is 5.97 Å². The number of ether oxygens (including phenoxy) is 1. The summed E-state index contributed by atoms with van der Waals surface area (Å²) in [6, 6.07) is 5.85. The van der Waals surface area contributed by atoms with Gasteiger partial charge in [-0.3, -0.25) is 14.9 Å². The Bertz CT molecular complexity index is 874. The van der Waals surface area contributed by atoms with Crippen molar-refractivity contribution >= 4 is 35.0 Å². The Labute approximate surface area is 166 Å². The normalized spacial score (nSPS) is 11.0. The number of nitrogens with zero attached hydrogens (tertiary/aromatic N) is 3. The van der Waals surface area contributed by atoms with Crippen molar-refractivity contribution in [2.24, 2.45) is 0 Å². The van der Waals surface area contributed by atoms with E-state index in [0.29, 0.717) is 10.6 Å². The molecule has 8 nitrogen and oxygen atoms in total. The molecule has 1 aromatic heterocycles. The molecule has 1 amide bonds. The molecule has 0 N–H and O–H groups in total. The number of non-ortho nitro benzene ring substituents is 1. The molecule has 2 aromatic rings. The molecular formula is C19H21N3O5S. The summed E-state index contributed by atoms with van der Waals surface area (Å²) in [5, 5.41) is 12.9. The fraction of sp³-hybridized carbons (Fsp3) is 0.316. The third-order valence-corrected chi connectivity index (χ3v) is 4.60. The standard InChI is InChI=1S/C19H21N3O5S/c1-4-27-19(24)16-12-28-17(20-16)11-21(13(2)3)18(23)10-7-14-5-8-15(9-6-14)22(25)26/h5-10,12-13H,4,11H2,1-3H3/b10-7+. The molecule has 0 unspecified atom stereocenters. The first kappa shape index (κ1) is 21.2. The van der Waals surface area contributed by atoms with Gasteiger partial charge in [0.15, 0.2) is 5.69 Å². The van der Waals surface area contributed by atoms with Crippen LogP contribution in [0.25, 0.3) is 6.08 Å². The minimum atomic E-state index is -0.481. The van der Waals surface area contributed by atoms with Crippen molar-refractivity contribution in [3.05, 3.63) is 62.1 Å². The van der Waals surface area contributed by atoms with E-state index in [2.05, 4.69) is 4.98 Å². The van der Waals surface area contributed by atoms with Crippen LogP contribution >= 0.6 is 11.3 Å². The lowest BCUT2D eigenvalue weighted by Gasteiger charge is -2.24. The van der Waals surface area contributed by atoms with E-state index in [4.69, 9.17) is 4.74 Å². The van der Waals surface area contributed by atoms with Gasteiger partial charge in [0.25, 0.3) is 5.69 Å². The zero-order chi connectivity index (χ0) is 20.7. The number of nitro benzene ring substituents is 1. The highest BCUT2D eigenvalue weighted by Gasteiger charge is 2.18. The van der Waals surface area contributed by atoms with Crippen LogP contribution in [0.3, 0.4) is 0 Å². The molecular weight excluding hydrogens is 382 g/mol. The minimum Gasteiger partial charge on any atom is -0.461 e. The number of carbonyl (C=O) groups excluding carboxylic acids is 2. The summed E-state index contributed by atoms with van der Waals surface area (Å²) in [5.74, 6) is -0.702. The largest absolute Gasteiger partial charge is 0.461 e. The van der Waals surface area contributed by atoms with Crippen LogP contribution in [0.5, 0.6) is 0 Å². The highest BCUT2D eigenvalue weighted by molar-refractivity contribution is 7.09. The van der Waals surface area contributed by atoms with E-state index >= 15 is 0 Å². The average Bonchev–Trinajstić information content (AvgIpc) is 3.13. The summed E-state index contributed by atoms with van der Waals surface area (Å²) >= 11 is 1.29. The predicted octanol–water partition coefficient (Wildman–Crippen LogP) is 3.68. The molecule has 1 aromatic carbocycles. The molecule has 0 spiro atoms. The van der Waals surface area contributed by atoms with Crippen molar-refractivity contribution in [2.45, 2.75) is 33.4 Å². The van der Waals surface area contributed by atoms with Crippen molar-refractivity contribution in [1.29, 1.82) is 0 Å². The van der Waals surface area contributed by atoms with E-state index in [1.54, 1.807) is 35.4 Å². The number of amides is 1. The van der Waals surface area contributed by atoms with Gasteiger partial charge in [-0.15, -0.1) is 11.3 Å². The van der Waals surface area contributed by atoms with E-state index in [9.17, 15) is 19.7 Å². The lowest BCUT2D eigenvalue weighted by atomic mass is 10.2. The van der Waals surface area contributed by atoms with Gasteiger partial charge < -0.3 is 9.64 Å². The Hall–Kier alpha value is -3.07. The lowest BCUT2D eigenvalue weighted by molar-refractivity contribution is -0.384. The van der Waals surface area contributed by atoms with Gasteiger partial charge in [0.2, 0.25) is 5.91 Å². The number of hydrogen-bond acceptors (Lipinski definition) is 7. The van der Waals surface area contributed by atoms with Gasteiger partial charge in [-0.25, -0.2) is 9.78 Å². The Morgan fingerprint density at radius 1 is 1.32 bits per heavy atom. The zero-order valence-electron chi connectivity index (χ0n) is 15.8. The summed E-state index contributed by atoms with van der Waals surface area (Å²) in [6.07, 6.45) is 3.02. The highest BCUT2D eigenvalue weighted by Crippen LogP contribution is 2.17. The molecule has 9 heteroatoms. The minimum absolute atomic E-state index is 0.00606. The third kappa shape index (κ3) is 5.71. The summed E-state index contributed by atoms with van der Waals surface area (Å²) < 4.78 is 4.92. The smallest absolute Gasteiger partial charge is 0.357 e. The zero-order valence-corrected chi connectivity index (χ0v) is 16.6. The Kier molecular flexibility index (Phi) is 7.39. The molecule has 0 aliphatic rings. The SMILES string of the molecule is CCOC(=O)c1csc(CN(C(=O)/C=C/c2ccc([N+](=O)[O-])cc2)C(C)C)n1. The van der Waals surface area contributed by atoms with E-state index in [1.165, 1.54) is 29.5 Å². The first-order chi connectivity index (χ1) is 13.3. The number of esters is 1. The van der Waals surface area contributed by atoms with Gasteiger partial charge in [-0.2, -0.15) is 0 Å². The van der Waals surface area contributed by atoms with Gasteiger partial charge in [-0.1, -0.05) is 0 Å². The van der Waals surface area contributed by atoms with Crippen LogP contribution in [-0.2, 0) is 16.1 Å². The predicted molar refractivity (Wildman–Crippen MR) is 106 cm³/mol. The van der Waals surface area contributed by atoms with Crippen LogP contribution in [0.1, 0.15) is 41.8 Å². The maximum atomic E-state index is 12.6. The van der Waals surface area contributed by atoms with E-state index < -0.39 is 10.9 Å². The fourth-order valence-electron chi connectivity index (χ4n) is 2.31. The third-order valence-electron chi connectivity index (χ3n) is 3.77. The fourth-order valence-corrected chi connectivity index (χ4v) is 3.07. The van der Waals surface area contributed by atoms with Crippen molar-refractivity contribution in [3.8, 4) is 0 Å². The molecule has 1 heterocycles. The second-order valence-corrected chi connectivity index (χ2v) is 7.03. The number of hydrogen-bond donors (Lipinski definition) is 0. The summed E-state index contributed by atoms with van der Waals surface area (Å²) in [4.78, 5) is 40.4. The summed E-state index contributed by atoms with van der Waals surface area (Å²) in [5.41, 5.74) is 0.911. The van der Waals surface area contributed by atoms with Gasteiger partial charge in [-0.05, 0) is 44.5 Å². The van der Waals surface area contributed by atoms with Crippen LogP contribution < -0.4 is 0 Å². The molecule has 0 aliphatic heterocycles. The molecule has 0 bridgehead atoms. The molecule has 0 atom stereocenters. The molecule has 0 saturated carbocycles. The first-order valence-electron chi connectivity index (χ1n) is 8.66. The van der Waals surface area contributed by atoms with Gasteiger partial charge in [0.05, 0.1) is 18.1 Å². The van der Waals surface area contributed by atoms with Crippen molar-refractivity contribution in [1.82, 2.24) is 9.88 Å².